The van der Waals surface area contributed by atoms with Gasteiger partial charge in [-0.2, -0.15) is 0 Å². The summed E-state index contributed by atoms with van der Waals surface area (Å²) < 4.78 is 0. The van der Waals surface area contributed by atoms with Crippen molar-refractivity contribution in [2.24, 2.45) is 0 Å². The van der Waals surface area contributed by atoms with Gasteiger partial charge in [0.25, 0.3) is 0 Å². The summed E-state index contributed by atoms with van der Waals surface area (Å²) in [6, 6.07) is 15.8. The van der Waals surface area contributed by atoms with Gasteiger partial charge < -0.3 is 5.32 Å². The molecule has 0 unspecified atom stereocenters. The third kappa shape index (κ3) is 5.52. The highest BCUT2D eigenvalue weighted by Gasteiger charge is 2.14. The SMILES string of the molecule is CC(C)N(CCC(=O)Nc1c(Cl)cccc1Cl)Cc1ccccc1. The zero-order chi connectivity index (χ0) is 17.5. The topological polar surface area (TPSA) is 32.3 Å². The Balaban J connectivity index is 1.93. The number of rotatable bonds is 7. The molecule has 0 aliphatic carbocycles. The van der Waals surface area contributed by atoms with Gasteiger partial charge in [0.1, 0.15) is 0 Å². The lowest BCUT2D eigenvalue weighted by atomic mass is 10.2. The Kier molecular flexibility index (Phi) is 7.10. The van der Waals surface area contributed by atoms with Gasteiger partial charge in [0.15, 0.2) is 0 Å². The Labute approximate surface area is 153 Å². The van der Waals surface area contributed by atoms with Crippen LogP contribution in [0.15, 0.2) is 48.5 Å². The van der Waals surface area contributed by atoms with Crippen LogP contribution < -0.4 is 5.32 Å². The van der Waals surface area contributed by atoms with Crippen LogP contribution in [-0.2, 0) is 11.3 Å². The second-order valence-corrected chi connectivity index (χ2v) is 6.76. The molecule has 0 bridgehead atoms. The van der Waals surface area contributed by atoms with Crippen molar-refractivity contribution in [2.75, 3.05) is 11.9 Å². The maximum absolute atomic E-state index is 12.2. The van der Waals surface area contributed by atoms with E-state index in [-0.39, 0.29) is 5.91 Å². The molecule has 3 nitrogen and oxygen atoms in total. The predicted octanol–water partition coefficient (Wildman–Crippen LogP) is 5.23. The van der Waals surface area contributed by atoms with Crippen LogP contribution in [0.3, 0.4) is 0 Å². The molecule has 5 heteroatoms. The van der Waals surface area contributed by atoms with Crippen LogP contribution in [0.2, 0.25) is 10.0 Å². The standard InChI is InChI=1S/C19H22Cl2N2O/c1-14(2)23(13-15-7-4-3-5-8-15)12-11-18(24)22-19-16(20)9-6-10-17(19)21/h3-10,14H,11-13H2,1-2H3,(H,22,24). The van der Waals surface area contributed by atoms with Crippen molar-refractivity contribution in [2.45, 2.75) is 32.9 Å². The van der Waals surface area contributed by atoms with E-state index in [1.807, 2.05) is 18.2 Å². The van der Waals surface area contributed by atoms with E-state index >= 15 is 0 Å². The number of nitrogens with zero attached hydrogens (tertiary/aromatic N) is 1. The summed E-state index contributed by atoms with van der Waals surface area (Å²) in [6.45, 7) is 5.75. The van der Waals surface area contributed by atoms with E-state index in [1.165, 1.54) is 5.56 Å². The van der Waals surface area contributed by atoms with E-state index in [2.05, 4.69) is 36.2 Å². The van der Waals surface area contributed by atoms with E-state index in [0.717, 1.165) is 6.54 Å². The molecule has 0 radical (unpaired) electrons. The number of hydrogen-bond acceptors (Lipinski definition) is 2. The first-order valence-electron chi connectivity index (χ1n) is 7.99. The number of carbonyl (C=O) groups excluding carboxylic acids is 1. The Hall–Kier alpha value is -1.55. The first-order valence-corrected chi connectivity index (χ1v) is 8.75. The molecule has 0 atom stereocenters. The fourth-order valence-corrected chi connectivity index (χ4v) is 2.89. The van der Waals surface area contributed by atoms with Crippen LogP contribution in [0.4, 0.5) is 5.69 Å². The summed E-state index contributed by atoms with van der Waals surface area (Å²) in [4.78, 5) is 14.5. The van der Waals surface area contributed by atoms with Crippen LogP contribution >= 0.6 is 23.2 Å². The minimum atomic E-state index is -0.0938. The van der Waals surface area contributed by atoms with Crippen LogP contribution in [0.25, 0.3) is 0 Å². The average molecular weight is 365 g/mol. The number of benzene rings is 2. The largest absolute Gasteiger partial charge is 0.324 e. The molecule has 24 heavy (non-hydrogen) atoms. The van der Waals surface area contributed by atoms with Crippen molar-refractivity contribution in [1.29, 1.82) is 0 Å². The minimum Gasteiger partial charge on any atom is -0.324 e. The number of para-hydroxylation sites is 1. The fraction of sp³-hybridized carbons (Fsp3) is 0.316. The van der Waals surface area contributed by atoms with Crippen molar-refractivity contribution in [3.05, 3.63) is 64.1 Å². The molecule has 0 saturated carbocycles. The van der Waals surface area contributed by atoms with Crippen LogP contribution in [0.1, 0.15) is 25.8 Å². The van der Waals surface area contributed by atoms with E-state index < -0.39 is 0 Å². The van der Waals surface area contributed by atoms with Gasteiger partial charge in [-0.1, -0.05) is 59.6 Å². The summed E-state index contributed by atoms with van der Waals surface area (Å²) in [5.74, 6) is -0.0938. The summed E-state index contributed by atoms with van der Waals surface area (Å²) in [6.07, 6.45) is 0.382. The second kappa shape index (κ2) is 9.07. The molecule has 2 aromatic carbocycles. The zero-order valence-electron chi connectivity index (χ0n) is 13.9. The summed E-state index contributed by atoms with van der Waals surface area (Å²) >= 11 is 12.2. The highest BCUT2D eigenvalue weighted by molar-refractivity contribution is 6.39. The smallest absolute Gasteiger partial charge is 0.225 e. The maximum Gasteiger partial charge on any atom is 0.225 e. The summed E-state index contributed by atoms with van der Waals surface area (Å²) in [7, 11) is 0. The average Bonchev–Trinajstić information content (AvgIpc) is 2.55. The van der Waals surface area contributed by atoms with Crippen LogP contribution in [0.5, 0.6) is 0 Å². The molecule has 0 aromatic heterocycles. The van der Waals surface area contributed by atoms with E-state index in [4.69, 9.17) is 23.2 Å². The molecule has 0 aliphatic rings. The third-order valence-electron chi connectivity index (χ3n) is 3.81. The quantitative estimate of drug-likeness (QED) is 0.728. The van der Waals surface area contributed by atoms with Crippen molar-refractivity contribution >= 4 is 34.8 Å². The molecule has 1 amide bonds. The number of nitrogens with one attached hydrogen (secondary N) is 1. The minimum absolute atomic E-state index is 0.0938. The molecular weight excluding hydrogens is 343 g/mol. The molecule has 0 fully saturated rings. The lowest BCUT2D eigenvalue weighted by Gasteiger charge is -2.26. The number of carbonyl (C=O) groups is 1. The Morgan fingerprint density at radius 1 is 1.04 bits per heavy atom. The van der Waals surface area contributed by atoms with Gasteiger partial charge >= 0.3 is 0 Å². The molecule has 0 aliphatic heterocycles. The van der Waals surface area contributed by atoms with E-state index in [0.29, 0.717) is 34.7 Å². The number of hydrogen-bond donors (Lipinski definition) is 1. The monoisotopic (exact) mass is 364 g/mol. The van der Waals surface area contributed by atoms with E-state index in [9.17, 15) is 4.79 Å². The van der Waals surface area contributed by atoms with Gasteiger partial charge in [0.05, 0.1) is 15.7 Å². The van der Waals surface area contributed by atoms with Crippen molar-refractivity contribution in [1.82, 2.24) is 4.90 Å². The predicted molar refractivity (Wildman–Crippen MR) is 102 cm³/mol. The Bertz CT molecular complexity index is 654. The van der Waals surface area contributed by atoms with E-state index in [1.54, 1.807) is 18.2 Å². The van der Waals surface area contributed by atoms with Gasteiger partial charge in [-0.05, 0) is 31.5 Å². The lowest BCUT2D eigenvalue weighted by molar-refractivity contribution is -0.116. The van der Waals surface area contributed by atoms with Crippen LogP contribution in [-0.4, -0.2) is 23.4 Å². The van der Waals surface area contributed by atoms with Crippen molar-refractivity contribution < 1.29 is 4.79 Å². The first kappa shape index (κ1) is 18.8. The number of amides is 1. The van der Waals surface area contributed by atoms with Crippen LogP contribution in [0, 0.1) is 0 Å². The summed E-state index contributed by atoms with van der Waals surface area (Å²) in [5, 5.41) is 3.70. The van der Waals surface area contributed by atoms with Crippen molar-refractivity contribution in [3.8, 4) is 0 Å². The fourth-order valence-electron chi connectivity index (χ4n) is 2.40. The van der Waals surface area contributed by atoms with Gasteiger partial charge in [0.2, 0.25) is 5.91 Å². The molecule has 2 aromatic rings. The molecule has 128 valence electrons. The number of anilines is 1. The second-order valence-electron chi connectivity index (χ2n) is 5.94. The Morgan fingerprint density at radius 2 is 1.67 bits per heavy atom. The molecule has 1 N–H and O–H groups in total. The van der Waals surface area contributed by atoms with Gasteiger partial charge in [-0.15, -0.1) is 0 Å². The molecular formula is C19H22Cl2N2O. The van der Waals surface area contributed by atoms with Gasteiger partial charge in [-0.25, -0.2) is 0 Å². The summed E-state index contributed by atoms with van der Waals surface area (Å²) in [5.41, 5.74) is 1.71. The first-order chi connectivity index (χ1) is 11.5. The molecule has 0 saturated heterocycles. The highest BCUT2D eigenvalue weighted by Crippen LogP contribution is 2.29. The zero-order valence-corrected chi connectivity index (χ0v) is 15.4. The number of halogens is 2. The van der Waals surface area contributed by atoms with Gasteiger partial charge in [-0.3, -0.25) is 9.69 Å². The third-order valence-corrected chi connectivity index (χ3v) is 4.44. The van der Waals surface area contributed by atoms with Crippen molar-refractivity contribution in [3.63, 3.8) is 0 Å². The molecule has 0 heterocycles. The Morgan fingerprint density at radius 3 is 2.25 bits per heavy atom. The molecule has 0 spiro atoms. The normalized spacial score (nSPS) is 11.1. The molecule has 2 rings (SSSR count). The maximum atomic E-state index is 12.2. The highest BCUT2D eigenvalue weighted by atomic mass is 35.5. The van der Waals surface area contributed by atoms with Gasteiger partial charge in [0, 0.05) is 25.6 Å². The lowest BCUT2D eigenvalue weighted by Crippen LogP contribution is -2.33.